The van der Waals surface area contributed by atoms with Crippen molar-refractivity contribution in [2.75, 3.05) is 29.8 Å². The standard InChI is InChI=1S/C25H28FN3O3S/c1-17-15-29(16-18(2)27-17)24-14-22(9-12-25(24)32-3)28-33(30,31)23-10-7-19(8-11-23)20-5-4-6-21(26)13-20/h4-14,17-18,27-28H,15-16H2,1-3H3/t17-,18+. The van der Waals surface area contributed by atoms with Crippen LogP contribution >= 0.6 is 0 Å². The molecule has 8 heteroatoms. The lowest BCUT2D eigenvalue weighted by Crippen LogP contribution is -2.54. The van der Waals surface area contributed by atoms with E-state index >= 15 is 0 Å². The third-order valence-electron chi connectivity index (χ3n) is 5.65. The molecule has 4 rings (SSSR count). The summed E-state index contributed by atoms with van der Waals surface area (Å²) in [6.07, 6.45) is 0. The maximum atomic E-state index is 13.5. The van der Waals surface area contributed by atoms with Crippen LogP contribution in [0.2, 0.25) is 0 Å². The highest BCUT2D eigenvalue weighted by Crippen LogP contribution is 2.33. The number of piperazine rings is 1. The van der Waals surface area contributed by atoms with E-state index in [0.29, 0.717) is 29.1 Å². The fourth-order valence-electron chi connectivity index (χ4n) is 4.23. The Balaban J connectivity index is 1.58. The lowest BCUT2D eigenvalue weighted by atomic mass is 10.1. The van der Waals surface area contributed by atoms with Gasteiger partial charge in [0, 0.05) is 25.2 Å². The Morgan fingerprint density at radius 2 is 1.67 bits per heavy atom. The van der Waals surface area contributed by atoms with Crippen LogP contribution in [0.5, 0.6) is 5.75 Å². The van der Waals surface area contributed by atoms with Crippen LogP contribution in [0.15, 0.2) is 71.6 Å². The van der Waals surface area contributed by atoms with Gasteiger partial charge in [0.25, 0.3) is 10.0 Å². The van der Waals surface area contributed by atoms with Crippen molar-refractivity contribution in [3.63, 3.8) is 0 Å². The van der Waals surface area contributed by atoms with Crippen molar-refractivity contribution >= 4 is 21.4 Å². The number of ether oxygens (including phenoxy) is 1. The number of sulfonamides is 1. The van der Waals surface area contributed by atoms with Gasteiger partial charge in [-0.3, -0.25) is 4.72 Å². The van der Waals surface area contributed by atoms with Crippen LogP contribution in [-0.4, -0.2) is 40.7 Å². The van der Waals surface area contributed by atoms with Gasteiger partial charge in [0.2, 0.25) is 0 Å². The van der Waals surface area contributed by atoms with E-state index in [4.69, 9.17) is 4.74 Å². The molecule has 2 atom stereocenters. The molecule has 3 aromatic rings. The summed E-state index contributed by atoms with van der Waals surface area (Å²) < 4.78 is 47.8. The number of anilines is 2. The smallest absolute Gasteiger partial charge is 0.261 e. The van der Waals surface area contributed by atoms with Gasteiger partial charge < -0.3 is 15.0 Å². The number of rotatable bonds is 6. The van der Waals surface area contributed by atoms with E-state index in [9.17, 15) is 12.8 Å². The Bertz CT molecular complexity index is 1220. The molecule has 1 heterocycles. The van der Waals surface area contributed by atoms with E-state index in [1.807, 2.05) is 6.07 Å². The third-order valence-corrected chi connectivity index (χ3v) is 7.05. The van der Waals surface area contributed by atoms with Gasteiger partial charge in [-0.1, -0.05) is 24.3 Å². The molecule has 0 amide bonds. The minimum absolute atomic E-state index is 0.129. The Morgan fingerprint density at radius 3 is 2.30 bits per heavy atom. The summed E-state index contributed by atoms with van der Waals surface area (Å²) in [5.41, 5.74) is 2.73. The normalized spacial score (nSPS) is 18.7. The van der Waals surface area contributed by atoms with Gasteiger partial charge in [-0.05, 0) is 67.4 Å². The molecule has 1 saturated heterocycles. The Hall–Kier alpha value is -3.10. The highest BCUT2D eigenvalue weighted by molar-refractivity contribution is 7.92. The molecule has 0 aliphatic carbocycles. The molecule has 2 N–H and O–H groups in total. The Labute approximate surface area is 194 Å². The summed E-state index contributed by atoms with van der Waals surface area (Å²) in [4.78, 5) is 2.33. The molecule has 3 aromatic carbocycles. The average molecular weight is 470 g/mol. The SMILES string of the molecule is COc1ccc(NS(=O)(=O)c2ccc(-c3cccc(F)c3)cc2)cc1N1C[C@@H](C)N[C@@H](C)C1. The van der Waals surface area contributed by atoms with Crippen molar-refractivity contribution in [3.05, 3.63) is 72.5 Å². The highest BCUT2D eigenvalue weighted by Gasteiger charge is 2.24. The van der Waals surface area contributed by atoms with Gasteiger partial charge in [0.15, 0.2) is 0 Å². The van der Waals surface area contributed by atoms with Crippen LogP contribution in [-0.2, 0) is 10.0 Å². The molecule has 0 unspecified atom stereocenters. The van der Waals surface area contributed by atoms with E-state index in [2.05, 4.69) is 28.8 Å². The second-order valence-corrected chi connectivity index (χ2v) is 10.1. The van der Waals surface area contributed by atoms with E-state index in [1.165, 1.54) is 24.3 Å². The van der Waals surface area contributed by atoms with Crippen LogP contribution in [0.1, 0.15) is 13.8 Å². The molecule has 174 valence electrons. The van der Waals surface area contributed by atoms with E-state index in [0.717, 1.165) is 24.3 Å². The zero-order valence-electron chi connectivity index (χ0n) is 18.9. The second-order valence-electron chi connectivity index (χ2n) is 8.40. The van der Waals surface area contributed by atoms with Crippen LogP contribution in [0.25, 0.3) is 11.1 Å². The fraction of sp³-hybridized carbons (Fsp3) is 0.280. The zero-order valence-corrected chi connectivity index (χ0v) is 19.7. The third kappa shape index (κ3) is 5.29. The molecule has 1 fully saturated rings. The molecule has 33 heavy (non-hydrogen) atoms. The summed E-state index contributed by atoms with van der Waals surface area (Å²) in [7, 11) is -2.20. The minimum atomic E-state index is -3.80. The predicted octanol–water partition coefficient (Wildman–Crippen LogP) is 4.49. The molecule has 6 nitrogen and oxygen atoms in total. The molecule has 0 bridgehead atoms. The quantitative estimate of drug-likeness (QED) is 0.557. The number of methoxy groups -OCH3 is 1. The van der Waals surface area contributed by atoms with Gasteiger partial charge in [-0.15, -0.1) is 0 Å². The Morgan fingerprint density at radius 1 is 0.970 bits per heavy atom. The monoisotopic (exact) mass is 469 g/mol. The second kappa shape index (κ2) is 9.41. The van der Waals surface area contributed by atoms with E-state index in [1.54, 1.807) is 43.5 Å². The van der Waals surface area contributed by atoms with Crippen LogP contribution in [0.3, 0.4) is 0 Å². The van der Waals surface area contributed by atoms with Gasteiger partial charge in [0.1, 0.15) is 11.6 Å². The lowest BCUT2D eigenvalue weighted by Gasteiger charge is -2.38. The van der Waals surface area contributed by atoms with Crippen LogP contribution < -0.4 is 19.7 Å². The van der Waals surface area contributed by atoms with E-state index in [-0.39, 0.29) is 10.7 Å². The number of hydrogen-bond acceptors (Lipinski definition) is 5. The summed E-state index contributed by atoms with van der Waals surface area (Å²) >= 11 is 0. The van der Waals surface area contributed by atoms with Crippen molar-refractivity contribution in [3.8, 4) is 16.9 Å². The van der Waals surface area contributed by atoms with Crippen molar-refractivity contribution in [2.24, 2.45) is 0 Å². The highest BCUT2D eigenvalue weighted by atomic mass is 32.2. The number of nitrogens with zero attached hydrogens (tertiary/aromatic N) is 1. The van der Waals surface area contributed by atoms with Crippen molar-refractivity contribution in [1.29, 1.82) is 0 Å². The number of benzene rings is 3. The number of halogens is 1. The first-order valence-corrected chi connectivity index (χ1v) is 12.3. The van der Waals surface area contributed by atoms with Gasteiger partial charge in [-0.25, -0.2) is 12.8 Å². The van der Waals surface area contributed by atoms with Crippen LogP contribution in [0, 0.1) is 5.82 Å². The van der Waals surface area contributed by atoms with Crippen molar-refractivity contribution in [2.45, 2.75) is 30.8 Å². The topological polar surface area (TPSA) is 70.7 Å². The lowest BCUT2D eigenvalue weighted by molar-refractivity contribution is 0.391. The van der Waals surface area contributed by atoms with Crippen molar-refractivity contribution < 1.29 is 17.5 Å². The van der Waals surface area contributed by atoms with Crippen molar-refractivity contribution in [1.82, 2.24) is 5.32 Å². The first kappa shape index (κ1) is 23.1. The molecule has 0 aromatic heterocycles. The number of hydrogen-bond donors (Lipinski definition) is 2. The summed E-state index contributed by atoms with van der Waals surface area (Å²) in [5, 5.41) is 3.50. The molecule has 0 spiro atoms. The zero-order chi connectivity index (χ0) is 23.6. The summed E-state index contributed by atoms with van der Waals surface area (Å²) in [6.45, 7) is 5.82. The molecular formula is C25H28FN3O3S. The van der Waals surface area contributed by atoms with Gasteiger partial charge in [0.05, 0.1) is 23.4 Å². The molecule has 1 aliphatic heterocycles. The molecule has 1 aliphatic rings. The molecule has 0 radical (unpaired) electrons. The van der Waals surface area contributed by atoms with Crippen LogP contribution in [0.4, 0.5) is 15.8 Å². The fourth-order valence-corrected chi connectivity index (χ4v) is 5.28. The maximum absolute atomic E-state index is 13.5. The summed E-state index contributed by atoms with van der Waals surface area (Å²) in [5.74, 6) is 0.355. The Kier molecular flexibility index (Phi) is 6.58. The maximum Gasteiger partial charge on any atom is 0.261 e. The summed E-state index contributed by atoms with van der Waals surface area (Å²) in [6, 6.07) is 18.5. The number of nitrogens with one attached hydrogen (secondary N) is 2. The first-order valence-electron chi connectivity index (χ1n) is 10.8. The van der Waals surface area contributed by atoms with Gasteiger partial charge in [-0.2, -0.15) is 0 Å². The average Bonchev–Trinajstić information content (AvgIpc) is 2.78. The largest absolute Gasteiger partial charge is 0.495 e. The predicted molar refractivity (Wildman–Crippen MR) is 130 cm³/mol. The van der Waals surface area contributed by atoms with E-state index < -0.39 is 10.0 Å². The molecular weight excluding hydrogens is 441 g/mol. The molecule has 0 saturated carbocycles. The van der Waals surface area contributed by atoms with Gasteiger partial charge >= 0.3 is 0 Å². The minimum Gasteiger partial charge on any atom is -0.495 e. The first-order chi connectivity index (χ1) is 15.7.